The van der Waals surface area contributed by atoms with Crippen LogP contribution in [0.2, 0.25) is 0 Å². The summed E-state index contributed by atoms with van der Waals surface area (Å²) in [6, 6.07) is 14.4. The zero-order valence-electron chi connectivity index (χ0n) is 14.6. The molecule has 0 bridgehead atoms. The van der Waals surface area contributed by atoms with Crippen molar-refractivity contribution in [3.8, 4) is 0 Å². The van der Waals surface area contributed by atoms with E-state index >= 15 is 0 Å². The average Bonchev–Trinajstić information content (AvgIpc) is 2.62. The molecule has 2 rings (SSSR count). The number of carboxylic acid groups (broad SMARTS) is 1. The van der Waals surface area contributed by atoms with Gasteiger partial charge >= 0.3 is 5.97 Å². The molecule has 0 unspecified atom stereocenters. The Morgan fingerprint density at radius 1 is 0.923 bits per heavy atom. The first-order valence-corrected chi connectivity index (χ1v) is 8.45. The summed E-state index contributed by atoms with van der Waals surface area (Å²) in [6.45, 7) is 2.15. The third kappa shape index (κ3) is 6.05. The van der Waals surface area contributed by atoms with Gasteiger partial charge in [0.25, 0.3) is 5.91 Å². The molecule has 2 aromatic carbocycles. The van der Waals surface area contributed by atoms with Crippen LogP contribution in [-0.2, 0) is 22.4 Å². The van der Waals surface area contributed by atoms with Crippen LogP contribution < -0.4 is 10.6 Å². The van der Waals surface area contributed by atoms with Crippen molar-refractivity contribution in [1.82, 2.24) is 5.32 Å². The number of anilines is 1. The lowest BCUT2D eigenvalue weighted by molar-refractivity contribution is -0.136. The van der Waals surface area contributed by atoms with E-state index in [2.05, 4.69) is 17.6 Å². The zero-order chi connectivity index (χ0) is 18.9. The number of carboxylic acids is 1. The highest BCUT2D eigenvalue weighted by atomic mass is 16.4. The van der Waals surface area contributed by atoms with Crippen molar-refractivity contribution < 1.29 is 19.5 Å². The lowest BCUT2D eigenvalue weighted by Gasteiger charge is -2.08. The van der Waals surface area contributed by atoms with E-state index in [9.17, 15) is 14.4 Å². The van der Waals surface area contributed by atoms with Crippen LogP contribution in [0.25, 0.3) is 0 Å². The fraction of sp³-hybridized carbons (Fsp3) is 0.250. The van der Waals surface area contributed by atoms with Crippen LogP contribution >= 0.6 is 0 Å². The van der Waals surface area contributed by atoms with Crippen LogP contribution in [0.15, 0.2) is 48.5 Å². The maximum absolute atomic E-state index is 12.1. The Morgan fingerprint density at radius 2 is 1.54 bits per heavy atom. The minimum Gasteiger partial charge on any atom is -0.481 e. The Morgan fingerprint density at radius 3 is 2.12 bits per heavy atom. The maximum Gasteiger partial charge on any atom is 0.305 e. The predicted octanol–water partition coefficient (Wildman–Crippen LogP) is 2.63. The maximum atomic E-state index is 12.1. The second-order valence-corrected chi connectivity index (χ2v) is 5.87. The van der Waals surface area contributed by atoms with Crippen LogP contribution in [0.1, 0.15) is 34.8 Å². The number of aliphatic carboxylic acids is 1. The van der Waals surface area contributed by atoms with Gasteiger partial charge in [0.2, 0.25) is 5.91 Å². The third-order valence-electron chi connectivity index (χ3n) is 3.85. The molecule has 0 radical (unpaired) electrons. The van der Waals surface area contributed by atoms with Gasteiger partial charge in [0, 0.05) is 17.8 Å². The molecule has 0 saturated heterocycles. The SMILES string of the molecule is CCc1ccc(CC(=O)Nc2ccc(C(=O)NCCC(=O)O)cc2)cc1. The molecular weight excluding hydrogens is 332 g/mol. The Hall–Kier alpha value is -3.15. The van der Waals surface area contributed by atoms with Crippen LogP contribution in [0.3, 0.4) is 0 Å². The topological polar surface area (TPSA) is 95.5 Å². The van der Waals surface area contributed by atoms with E-state index in [1.807, 2.05) is 24.3 Å². The third-order valence-corrected chi connectivity index (χ3v) is 3.85. The molecule has 0 aliphatic heterocycles. The molecule has 0 aliphatic rings. The lowest BCUT2D eigenvalue weighted by atomic mass is 10.1. The van der Waals surface area contributed by atoms with Gasteiger partial charge in [-0.15, -0.1) is 0 Å². The lowest BCUT2D eigenvalue weighted by Crippen LogP contribution is -2.26. The van der Waals surface area contributed by atoms with Gasteiger partial charge in [-0.3, -0.25) is 14.4 Å². The first kappa shape index (κ1) is 19.2. The Bertz CT molecular complexity index is 767. The minimum absolute atomic E-state index is 0.0729. The summed E-state index contributed by atoms with van der Waals surface area (Å²) >= 11 is 0. The molecule has 2 aromatic rings. The van der Waals surface area contributed by atoms with E-state index in [4.69, 9.17) is 5.11 Å². The molecule has 3 N–H and O–H groups in total. The number of carbonyl (C=O) groups excluding carboxylic acids is 2. The van der Waals surface area contributed by atoms with Crippen molar-refractivity contribution in [1.29, 1.82) is 0 Å². The molecule has 0 saturated carbocycles. The molecular formula is C20H22N2O4. The monoisotopic (exact) mass is 354 g/mol. The van der Waals surface area contributed by atoms with Gasteiger partial charge in [-0.2, -0.15) is 0 Å². The number of aryl methyl sites for hydroxylation is 1. The Balaban J connectivity index is 1.86. The summed E-state index contributed by atoms with van der Waals surface area (Å²) in [5, 5.41) is 13.9. The molecule has 6 heteroatoms. The average molecular weight is 354 g/mol. The number of benzene rings is 2. The Kier molecular flexibility index (Phi) is 6.91. The number of carbonyl (C=O) groups is 3. The molecule has 0 spiro atoms. The first-order chi connectivity index (χ1) is 12.5. The molecule has 0 fully saturated rings. The predicted molar refractivity (Wildman–Crippen MR) is 99.2 cm³/mol. The number of nitrogens with one attached hydrogen (secondary N) is 2. The van der Waals surface area contributed by atoms with E-state index in [-0.39, 0.29) is 31.2 Å². The minimum atomic E-state index is -0.965. The van der Waals surface area contributed by atoms with E-state index in [0.29, 0.717) is 11.3 Å². The highest BCUT2D eigenvalue weighted by Crippen LogP contribution is 2.11. The smallest absolute Gasteiger partial charge is 0.305 e. The van der Waals surface area contributed by atoms with Crippen LogP contribution in [-0.4, -0.2) is 29.4 Å². The molecule has 26 heavy (non-hydrogen) atoms. The largest absolute Gasteiger partial charge is 0.481 e. The Labute approximate surface area is 152 Å². The first-order valence-electron chi connectivity index (χ1n) is 8.45. The number of amides is 2. The van der Waals surface area contributed by atoms with Crippen LogP contribution in [0.4, 0.5) is 5.69 Å². The fourth-order valence-corrected chi connectivity index (χ4v) is 2.37. The molecule has 0 atom stereocenters. The summed E-state index contributed by atoms with van der Waals surface area (Å²) in [6.07, 6.45) is 1.11. The molecule has 136 valence electrons. The highest BCUT2D eigenvalue weighted by Gasteiger charge is 2.08. The van der Waals surface area contributed by atoms with Crippen LogP contribution in [0, 0.1) is 0 Å². The highest BCUT2D eigenvalue weighted by molar-refractivity contribution is 5.96. The van der Waals surface area contributed by atoms with Gasteiger partial charge in [-0.05, 0) is 41.8 Å². The fourth-order valence-electron chi connectivity index (χ4n) is 2.37. The summed E-state index contributed by atoms with van der Waals surface area (Å²) in [5.74, 6) is -1.44. The van der Waals surface area contributed by atoms with E-state index < -0.39 is 5.97 Å². The number of hydrogen-bond acceptors (Lipinski definition) is 3. The zero-order valence-corrected chi connectivity index (χ0v) is 14.6. The molecule has 0 aliphatic carbocycles. The molecule has 0 heterocycles. The van der Waals surface area contributed by atoms with E-state index in [1.54, 1.807) is 24.3 Å². The number of rotatable bonds is 8. The van der Waals surface area contributed by atoms with Gasteiger partial charge in [-0.1, -0.05) is 31.2 Å². The van der Waals surface area contributed by atoms with Gasteiger partial charge in [0.15, 0.2) is 0 Å². The van der Waals surface area contributed by atoms with Crippen molar-refractivity contribution in [2.45, 2.75) is 26.2 Å². The number of hydrogen-bond donors (Lipinski definition) is 3. The van der Waals surface area contributed by atoms with Crippen molar-refractivity contribution in [3.05, 3.63) is 65.2 Å². The molecule has 2 amide bonds. The van der Waals surface area contributed by atoms with Crippen molar-refractivity contribution in [2.24, 2.45) is 0 Å². The quantitative estimate of drug-likeness (QED) is 0.679. The van der Waals surface area contributed by atoms with Crippen molar-refractivity contribution in [3.63, 3.8) is 0 Å². The van der Waals surface area contributed by atoms with Crippen molar-refractivity contribution in [2.75, 3.05) is 11.9 Å². The van der Waals surface area contributed by atoms with E-state index in [1.165, 1.54) is 5.56 Å². The summed E-state index contributed by atoms with van der Waals surface area (Å²) in [5.41, 5.74) is 3.17. The summed E-state index contributed by atoms with van der Waals surface area (Å²) in [4.78, 5) is 34.4. The summed E-state index contributed by atoms with van der Waals surface area (Å²) < 4.78 is 0. The molecule has 0 aromatic heterocycles. The second-order valence-electron chi connectivity index (χ2n) is 5.87. The van der Waals surface area contributed by atoms with Crippen molar-refractivity contribution >= 4 is 23.5 Å². The van der Waals surface area contributed by atoms with Gasteiger partial charge < -0.3 is 15.7 Å². The van der Waals surface area contributed by atoms with Gasteiger partial charge in [-0.25, -0.2) is 0 Å². The summed E-state index contributed by atoms with van der Waals surface area (Å²) in [7, 11) is 0. The van der Waals surface area contributed by atoms with Gasteiger partial charge in [0.1, 0.15) is 0 Å². The second kappa shape index (κ2) is 9.36. The van der Waals surface area contributed by atoms with Gasteiger partial charge in [0.05, 0.1) is 12.8 Å². The van der Waals surface area contributed by atoms with E-state index in [0.717, 1.165) is 12.0 Å². The standard InChI is InChI=1S/C20H22N2O4/c1-2-14-3-5-15(6-4-14)13-18(23)22-17-9-7-16(8-10-17)20(26)21-12-11-19(24)25/h3-10H,2,11-13H2,1H3,(H,21,26)(H,22,23)(H,24,25). The molecule has 6 nitrogen and oxygen atoms in total. The normalized spacial score (nSPS) is 10.2. The van der Waals surface area contributed by atoms with Crippen LogP contribution in [0.5, 0.6) is 0 Å².